The summed E-state index contributed by atoms with van der Waals surface area (Å²) < 4.78 is 11.0. The molecule has 0 aliphatic carbocycles. The Bertz CT molecular complexity index is 485. The maximum atomic E-state index is 11.5. The van der Waals surface area contributed by atoms with Crippen LogP contribution in [0.25, 0.3) is 0 Å². The van der Waals surface area contributed by atoms with E-state index in [0.717, 1.165) is 11.1 Å². The van der Waals surface area contributed by atoms with Gasteiger partial charge in [0.1, 0.15) is 13.2 Å². The van der Waals surface area contributed by atoms with Gasteiger partial charge in [-0.3, -0.25) is 4.79 Å². The minimum atomic E-state index is -0.825. The van der Waals surface area contributed by atoms with E-state index in [9.17, 15) is 9.90 Å². The molecule has 1 aliphatic rings. The highest BCUT2D eigenvalue weighted by atomic mass is 16.6. The zero-order valence-corrected chi connectivity index (χ0v) is 11.5. The third-order valence-corrected chi connectivity index (χ3v) is 3.15. The number of hydrogen-bond donors (Lipinski definition) is 1. The minimum absolute atomic E-state index is 0.454. The van der Waals surface area contributed by atoms with Crippen LogP contribution in [0.1, 0.15) is 17.0 Å². The number of hydrogen-bond acceptors (Lipinski definition) is 4. The maximum absolute atomic E-state index is 11.5. The maximum Gasteiger partial charge on any atom is 0.312 e. The Hall–Kier alpha value is -1.75. The molecule has 1 N–H and O–H groups in total. The van der Waals surface area contributed by atoms with Crippen LogP contribution in [-0.2, 0) is 4.79 Å². The van der Waals surface area contributed by atoms with Crippen molar-refractivity contribution in [1.29, 1.82) is 0 Å². The van der Waals surface area contributed by atoms with E-state index in [1.165, 1.54) is 0 Å². The van der Waals surface area contributed by atoms with Gasteiger partial charge in [-0.2, -0.15) is 0 Å². The lowest BCUT2D eigenvalue weighted by molar-refractivity contribution is -0.139. The molecule has 0 spiro atoms. The molecule has 1 aliphatic heterocycles. The Labute approximate surface area is 112 Å². The third kappa shape index (κ3) is 2.98. The van der Waals surface area contributed by atoms with Crippen LogP contribution in [0, 0.1) is 6.92 Å². The first-order valence-electron chi connectivity index (χ1n) is 6.26. The molecule has 1 unspecified atom stereocenters. The molecule has 0 aromatic heterocycles. The molecule has 0 fully saturated rings. The van der Waals surface area contributed by atoms with Crippen LogP contribution >= 0.6 is 0 Å². The van der Waals surface area contributed by atoms with E-state index in [1.807, 2.05) is 32.0 Å². The summed E-state index contributed by atoms with van der Waals surface area (Å²) in [5.74, 6) is -0.0577. The lowest BCUT2D eigenvalue weighted by Crippen LogP contribution is -2.27. The average molecular weight is 265 g/mol. The molecule has 0 amide bonds. The van der Waals surface area contributed by atoms with Crippen molar-refractivity contribution in [3.05, 3.63) is 23.3 Å². The highest BCUT2D eigenvalue weighted by Crippen LogP contribution is 2.35. The highest BCUT2D eigenvalue weighted by Gasteiger charge is 2.25. The van der Waals surface area contributed by atoms with E-state index in [0.29, 0.717) is 31.3 Å². The van der Waals surface area contributed by atoms with Gasteiger partial charge in [0, 0.05) is 6.54 Å². The molecule has 0 radical (unpaired) electrons. The summed E-state index contributed by atoms with van der Waals surface area (Å²) in [6.07, 6.45) is 0. The average Bonchev–Trinajstić information content (AvgIpc) is 2.35. The fourth-order valence-corrected chi connectivity index (χ4v) is 2.26. The molecule has 5 heteroatoms. The van der Waals surface area contributed by atoms with Gasteiger partial charge < -0.3 is 19.5 Å². The van der Waals surface area contributed by atoms with Gasteiger partial charge in [0.15, 0.2) is 11.5 Å². The normalized spacial score (nSPS) is 15.4. The van der Waals surface area contributed by atoms with Gasteiger partial charge in [-0.1, -0.05) is 0 Å². The van der Waals surface area contributed by atoms with E-state index in [1.54, 1.807) is 6.07 Å². The standard InChI is InChI=1S/C14H19NO4/c1-9-6-12-13(19-5-4-18-12)7-10(9)11(14(16)17)8-15(2)3/h6-7,11H,4-5,8H2,1-3H3,(H,16,17). The molecule has 104 valence electrons. The van der Waals surface area contributed by atoms with Gasteiger partial charge in [-0.25, -0.2) is 0 Å². The van der Waals surface area contributed by atoms with Crippen molar-refractivity contribution >= 4 is 5.97 Å². The third-order valence-electron chi connectivity index (χ3n) is 3.15. The van der Waals surface area contributed by atoms with Crippen LogP contribution in [0.2, 0.25) is 0 Å². The fraction of sp³-hybridized carbons (Fsp3) is 0.500. The largest absolute Gasteiger partial charge is 0.486 e. The summed E-state index contributed by atoms with van der Waals surface area (Å²) in [5, 5.41) is 9.41. The van der Waals surface area contributed by atoms with Crippen molar-refractivity contribution in [2.24, 2.45) is 0 Å². The molecule has 1 heterocycles. The second-order valence-electron chi connectivity index (χ2n) is 5.01. The van der Waals surface area contributed by atoms with Crippen LogP contribution in [-0.4, -0.2) is 49.8 Å². The molecule has 19 heavy (non-hydrogen) atoms. The molecule has 1 aromatic rings. The molecule has 1 aromatic carbocycles. The predicted molar refractivity (Wildman–Crippen MR) is 71.1 cm³/mol. The van der Waals surface area contributed by atoms with Crippen LogP contribution in [0.15, 0.2) is 12.1 Å². The van der Waals surface area contributed by atoms with E-state index >= 15 is 0 Å². The number of rotatable bonds is 4. The van der Waals surface area contributed by atoms with Gasteiger partial charge in [-0.15, -0.1) is 0 Å². The number of likely N-dealkylation sites (N-methyl/N-ethyl adjacent to an activating group) is 1. The van der Waals surface area contributed by atoms with Crippen molar-refractivity contribution in [2.45, 2.75) is 12.8 Å². The molecule has 1 atom stereocenters. The predicted octanol–water partition coefficient (Wildman–Crippen LogP) is 1.50. The van der Waals surface area contributed by atoms with Crippen LogP contribution in [0.4, 0.5) is 0 Å². The number of benzene rings is 1. The Morgan fingerprint density at radius 1 is 1.32 bits per heavy atom. The zero-order chi connectivity index (χ0) is 14.0. The molecule has 0 saturated carbocycles. The Balaban J connectivity index is 2.39. The van der Waals surface area contributed by atoms with Gasteiger partial charge in [0.25, 0.3) is 0 Å². The number of carbonyl (C=O) groups is 1. The van der Waals surface area contributed by atoms with Crippen molar-refractivity contribution in [2.75, 3.05) is 33.9 Å². The van der Waals surface area contributed by atoms with E-state index < -0.39 is 11.9 Å². The first-order valence-corrected chi connectivity index (χ1v) is 6.26. The summed E-state index contributed by atoms with van der Waals surface area (Å²) in [7, 11) is 3.73. The summed E-state index contributed by atoms with van der Waals surface area (Å²) in [6.45, 7) is 3.39. The monoisotopic (exact) mass is 265 g/mol. The highest BCUT2D eigenvalue weighted by molar-refractivity contribution is 5.77. The summed E-state index contributed by atoms with van der Waals surface area (Å²) >= 11 is 0. The first kappa shape index (κ1) is 13.7. The van der Waals surface area contributed by atoms with Gasteiger partial charge >= 0.3 is 5.97 Å². The Kier molecular flexibility index (Phi) is 3.95. The zero-order valence-electron chi connectivity index (χ0n) is 11.5. The number of carboxylic acid groups (broad SMARTS) is 1. The summed E-state index contributed by atoms with van der Waals surface area (Å²) in [4.78, 5) is 13.3. The van der Waals surface area contributed by atoms with Gasteiger partial charge in [0.05, 0.1) is 5.92 Å². The number of fused-ring (bicyclic) bond motifs is 1. The molecular formula is C14H19NO4. The van der Waals surface area contributed by atoms with Crippen LogP contribution in [0.3, 0.4) is 0 Å². The van der Waals surface area contributed by atoms with Crippen molar-refractivity contribution in [1.82, 2.24) is 4.90 Å². The van der Waals surface area contributed by atoms with Gasteiger partial charge in [-0.05, 0) is 44.3 Å². The summed E-state index contributed by atoms with van der Waals surface area (Å²) in [5.41, 5.74) is 1.70. The summed E-state index contributed by atoms with van der Waals surface area (Å²) in [6, 6.07) is 3.65. The Morgan fingerprint density at radius 3 is 2.42 bits per heavy atom. The van der Waals surface area contributed by atoms with Crippen molar-refractivity contribution in [3.8, 4) is 11.5 Å². The number of nitrogens with zero attached hydrogens (tertiary/aromatic N) is 1. The number of carboxylic acids is 1. The lowest BCUT2D eigenvalue weighted by Gasteiger charge is -2.24. The molecular weight excluding hydrogens is 246 g/mol. The number of aryl methyl sites for hydroxylation is 1. The van der Waals surface area contributed by atoms with E-state index in [4.69, 9.17) is 9.47 Å². The first-order chi connectivity index (χ1) is 8.99. The number of ether oxygens (including phenoxy) is 2. The van der Waals surface area contributed by atoms with E-state index in [-0.39, 0.29) is 0 Å². The SMILES string of the molecule is Cc1cc2c(cc1C(CN(C)C)C(=O)O)OCCO2. The molecule has 0 saturated heterocycles. The second-order valence-corrected chi connectivity index (χ2v) is 5.01. The second kappa shape index (κ2) is 5.48. The Morgan fingerprint density at radius 2 is 1.89 bits per heavy atom. The smallest absolute Gasteiger partial charge is 0.312 e. The minimum Gasteiger partial charge on any atom is -0.486 e. The van der Waals surface area contributed by atoms with Crippen LogP contribution < -0.4 is 9.47 Å². The molecule has 0 bridgehead atoms. The lowest BCUT2D eigenvalue weighted by atomic mass is 9.93. The van der Waals surface area contributed by atoms with Gasteiger partial charge in [0.2, 0.25) is 0 Å². The topological polar surface area (TPSA) is 59.0 Å². The molecule has 2 rings (SSSR count). The van der Waals surface area contributed by atoms with Crippen molar-refractivity contribution < 1.29 is 19.4 Å². The van der Waals surface area contributed by atoms with Crippen molar-refractivity contribution in [3.63, 3.8) is 0 Å². The van der Waals surface area contributed by atoms with E-state index in [2.05, 4.69) is 0 Å². The van der Waals surface area contributed by atoms with Crippen LogP contribution in [0.5, 0.6) is 11.5 Å². The quantitative estimate of drug-likeness (QED) is 0.894. The number of aliphatic carboxylic acids is 1. The molecule has 5 nitrogen and oxygen atoms in total. The fourth-order valence-electron chi connectivity index (χ4n) is 2.26.